The molecule has 0 radical (unpaired) electrons. The number of carbonyl (C=O) groups excluding carboxylic acids is 4. The molecule has 4 amide bonds. The third-order valence-electron chi connectivity index (χ3n) is 9.26. The summed E-state index contributed by atoms with van der Waals surface area (Å²) in [5, 5.41) is 2.35. The van der Waals surface area contributed by atoms with Gasteiger partial charge in [-0.15, -0.1) is 0 Å². The van der Waals surface area contributed by atoms with E-state index < -0.39 is 11.9 Å². The summed E-state index contributed by atoms with van der Waals surface area (Å²) >= 11 is 0. The molecule has 3 fully saturated rings. The molecule has 0 bridgehead atoms. The predicted molar refractivity (Wildman–Crippen MR) is 158 cm³/mol. The van der Waals surface area contributed by atoms with Gasteiger partial charge >= 0.3 is 6.09 Å². The van der Waals surface area contributed by atoms with Crippen molar-refractivity contribution >= 4 is 23.8 Å². The minimum Gasteiger partial charge on any atom is -0.492 e. The van der Waals surface area contributed by atoms with Gasteiger partial charge in [0.2, 0.25) is 11.8 Å². The van der Waals surface area contributed by atoms with Crippen molar-refractivity contribution < 1.29 is 28.7 Å². The minimum absolute atomic E-state index is 0.176. The first-order valence-corrected chi connectivity index (χ1v) is 15.5. The summed E-state index contributed by atoms with van der Waals surface area (Å²) in [7, 11) is 0. The SMILES string of the molecule is O=C1CCC(N2Cc3cc(OC[C@@H]4CCCCN4CC4CCN(C(=O)OCc5ccccc5)CC4)ccc3C2=O)C(=O)N1. The van der Waals surface area contributed by atoms with E-state index in [1.807, 2.05) is 47.4 Å². The van der Waals surface area contributed by atoms with Gasteiger partial charge in [-0.25, -0.2) is 4.79 Å². The van der Waals surface area contributed by atoms with Crippen LogP contribution < -0.4 is 10.1 Å². The van der Waals surface area contributed by atoms with E-state index in [1.165, 1.54) is 12.8 Å². The number of ether oxygens (including phenoxy) is 2. The van der Waals surface area contributed by atoms with Crippen LogP contribution in [0.2, 0.25) is 0 Å². The van der Waals surface area contributed by atoms with Gasteiger partial charge in [0, 0.05) is 44.2 Å². The number of benzene rings is 2. The van der Waals surface area contributed by atoms with Gasteiger partial charge in [0.05, 0.1) is 0 Å². The Bertz CT molecular complexity index is 1340. The highest BCUT2D eigenvalue weighted by molar-refractivity contribution is 6.05. The summed E-state index contributed by atoms with van der Waals surface area (Å²) in [6.45, 7) is 4.70. The number of imide groups is 1. The maximum absolute atomic E-state index is 13.0. The molecule has 4 heterocycles. The fourth-order valence-corrected chi connectivity index (χ4v) is 6.76. The quantitative estimate of drug-likeness (QED) is 0.468. The molecule has 0 spiro atoms. The second kappa shape index (κ2) is 13.2. The number of piperidine rings is 3. The fourth-order valence-electron chi connectivity index (χ4n) is 6.76. The van der Waals surface area contributed by atoms with E-state index in [4.69, 9.17) is 9.47 Å². The Morgan fingerprint density at radius 3 is 2.53 bits per heavy atom. The number of hydrogen-bond donors (Lipinski definition) is 1. The van der Waals surface area contributed by atoms with Crippen molar-refractivity contribution in [3.05, 3.63) is 65.2 Å². The average molecular weight is 589 g/mol. The smallest absolute Gasteiger partial charge is 0.410 e. The lowest BCUT2D eigenvalue weighted by atomic mass is 9.93. The first-order chi connectivity index (χ1) is 20.9. The van der Waals surface area contributed by atoms with Crippen molar-refractivity contribution in [1.29, 1.82) is 0 Å². The summed E-state index contributed by atoms with van der Waals surface area (Å²) in [5.41, 5.74) is 2.43. The van der Waals surface area contributed by atoms with Crippen LogP contribution >= 0.6 is 0 Å². The number of likely N-dealkylation sites (tertiary alicyclic amines) is 2. The fraction of sp³-hybridized carbons (Fsp3) is 0.515. The molecule has 10 nitrogen and oxygen atoms in total. The Morgan fingerprint density at radius 1 is 0.930 bits per heavy atom. The van der Waals surface area contributed by atoms with Crippen LogP contribution in [-0.4, -0.2) is 83.4 Å². The number of fused-ring (bicyclic) bond motifs is 1. The predicted octanol–water partition coefficient (Wildman–Crippen LogP) is 3.73. The van der Waals surface area contributed by atoms with Gasteiger partial charge < -0.3 is 19.3 Å². The van der Waals surface area contributed by atoms with E-state index in [9.17, 15) is 19.2 Å². The maximum Gasteiger partial charge on any atom is 0.410 e. The molecule has 2 atom stereocenters. The van der Waals surface area contributed by atoms with Crippen molar-refractivity contribution in [2.24, 2.45) is 5.92 Å². The molecular formula is C33H40N4O6. The third kappa shape index (κ3) is 6.85. The molecule has 0 aromatic heterocycles. The molecule has 3 saturated heterocycles. The molecule has 4 aliphatic heterocycles. The number of amides is 4. The second-order valence-corrected chi connectivity index (χ2v) is 12.1. The van der Waals surface area contributed by atoms with Crippen LogP contribution in [0.15, 0.2) is 48.5 Å². The van der Waals surface area contributed by atoms with Crippen LogP contribution in [0.25, 0.3) is 0 Å². The van der Waals surface area contributed by atoms with Gasteiger partial charge in [-0.1, -0.05) is 36.8 Å². The Kier molecular flexibility index (Phi) is 8.92. The van der Waals surface area contributed by atoms with Crippen molar-refractivity contribution in [1.82, 2.24) is 20.0 Å². The van der Waals surface area contributed by atoms with Crippen LogP contribution in [-0.2, 0) is 27.5 Å². The summed E-state index contributed by atoms with van der Waals surface area (Å²) in [6.07, 6.45) is 5.72. The zero-order valence-corrected chi connectivity index (χ0v) is 24.5. The standard InChI is InChI=1S/C33H40N4O6/c38-30-12-11-29(31(39)34-30)37-20-25-18-27(9-10-28(25)32(37)40)42-22-26-8-4-5-15-36(26)19-23-13-16-35(17-14-23)33(41)43-21-24-6-2-1-3-7-24/h1-3,6-7,9-10,18,23,26,29H,4-5,8,11-17,19-22H2,(H,34,38,39)/t26-,29?/m0/s1. The Labute approximate surface area is 252 Å². The Morgan fingerprint density at radius 2 is 1.74 bits per heavy atom. The van der Waals surface area contributed by atoms with Gasteiger partial charge in [0.25, 0.3) is 5.91 Å². The molecule has 1 N–H and O–H groups in total. The average Bonchev–Trinajstić information content (AvgIpc) is 3.35. The lowest BCUT2D eigenvalue weighted by Crippen LogP contribution is -2.52. The number of nitrogens with one attached hydrogen (secondary N) is 1. The van der Waals surface area contributed by atoms with E-state index >= 15 is 0 Å². The van der Waals surface area contributed by atoms with Gasteiger partial charge in [0.1, 0.15) is 25.0 Å². The van der Waals surface area contributed by atoms with Gasteiger partial charge in [0.15, 0.2) is 0 Å². The molecule has 6 rings (SSSR count). The zero-order chi connectivity index (χ0) is 29.8. The molecular weight excluding hydrogens is 548 g/mol. The molecule has 228 valence electrons. The highest BCUT2D eigenvalue weighted by Crippen LogP contribution is 2.31. The minimum atomic E-state index is -0.621. The topological polar surface area (TPSA) is 108 Å². The summed E-state index contributed by atoms with van der Waals surface area (Å²) in [4.78, 5) is 55.4. The molecule has 43 heavy (non-hydrogen) atoms. The van der Waals surface area contributed by atoms with Crippen molar-refractivity contribution in [2.75, 3.05) is 32.8 Å². The van der Waals surface area contributed by atoms with Gasteiger partial charge in [-0.2, -0.15) is 0 Å². The lowest BCUT2D eigenvalue weighted by Gasteiger charge is -2.40. The Balaban J connectivity index is 0.978. The number of hydrogen-bond acceptors (Lipinski definition) is 7. The number of rotatable bonds is 8. The lowest BCUT2D eigenvalue weighted by molar-refractivity contribution is -0.136. The molecule has 0 aliphatic carbocycles. The van der Waals surface area contributed by atoms with E-state index in [-0.39, 0.29) is 24.3 Å². The zero-order valence-electron chi connectivity index (χ0n) is 24.5. The summed E-state index contributed by atoms with van der Waals surface area (Å²) < 4.78 is 11.8. The summed E-state index contributed by atoms with van der Waals surface area (Å²) in [5.74, 6) is 0.389. The molecule has 2 aromatic rings. The van der Waals surface area contributed by atoms with E-state index in [1.54, 1.807) is 11.0 Å². The van der Waals surface area contributed by atoms with E-state index in [2.05, 4.69) is 10.2 Å². The van der Waals surface area contributed by atoms with Gasteiger partial charge in [-0.3, -0.25) is 24.6 Å². The van der Waals surface area contributed by atoms with Crippen LogP contribution in [0.3, 0.4) is 0 Å². The highest BCUT2D eigenvalue weighted by atomic mass is 16.6. The molecule has 0 saturated carbocycles. The number of nitrogens with zero attached hydrogens (tertiary/aromatic N) is 3. The van der Waals surface area contributed by atoms with Crippen LogP contribution in [0, 0.1) is 5.92 Å². The van der Waals surface area contributed by atoms with Crippen molar-refractivity contribution in [3.63, 3.8) is 0 Å². The second-order valence-electron chi connectivity index (χ2n) is 12.1. The van der Waals surface area contributed by atoms with E-state index in [0.29, 0.717) is 43.7 Å². The normalized spacial score (nSPS) is 23.2. The van der Waals surface area contributed by atoms with Crippen LogP contribution in [0.5, 0.6) is 5.75 Å². The first kappa shape index (κ1) is 29.2. The van der Waals surface area contributed by atoms with Crippen LogP contribution in [0.1, 0.15) is 66.4 Å². The van der Waals surface area contributed by atoms with E-state index in [0.717, 1.165) is 62.3 Å². The molecule has 1 unspecified atom stereocenters. The highest BCUT2D eigenvalue weighted by Gasteiger charge is 2.39. The first-order valence-electron chi connectivity index (χ1n) is 15.5. The monoisotopic (exact) mass is 588 g/mol. The molecule has 2 aromatic carbocycles. The third-order valence-corrected chi connectivity index (χ3v) is 9.26. The molecule has 10 heteroatoms. The molecule has 4 aliphatic rings. The summed E-state index contributed by atoms with van der Waals surface area (Å²) in [6, 6.07) is 15.0. The Hall–Kier alpha value is -3.92. The van der Waals surface area contributed by atoms with Crippen molar-refractivity contribution in [3.8, 4) is 5.75 Å². The maximum atomic E-state index is 13.0. The van der Waals surface area contributed by atoms with Gasteiger partial charge in [-0.05, 0) is 73.9 Å². The van der Waals surface area contributed by atoms with Crippen molar-refractivity contribution in [2.45, 2.75) is 70.2 Å². The number of carbonyl (C=O) groups is 4. The largest absolute Gasteiger partial charge is 0.492 e. The van der Waals surface area contributed by atoms with Crippen LogP contribution in [0.4, 0.5) is 4.79 Å².